The van der Waals surface area contributed by atoms with E-state index in [4.69, 9.17) is 28.3 Å². The summed E-state index contributed by atoms with van der Waals surface area (Å²) in [6, 6.07) is 8.87. The lowest BCUT2D eigenvalue weighted by atomic mass is 10.0. The summed E-state index contributed by atoms with van der Waals surface area (Å²) in [6.07, 6.45) is 5.23. The van der Waals surface area contributed by atoms with Crippen molar-refractivity contribution in [3.8, 4) is 11.1 Å². The number of aliphatic hydroxyl groups is 1. The van der Waals surface area contributed by atoms with Gasteiger partial charge < -0.3 is 14.6 Å². The molecule has 1 amide bonds. The number of halogens is 3. The largest absolute Gasteiger partial charge is 0.393 e. The maximum atomic E-state index is 14.3. The maximum Gasteiger partial charge on any atom is 0.257 e. The van der Waals surface area contributed by atoms with Gasteiger partial charge in [0.25, 0.3) is 5.91 Å². The van der Waals surface area contributed by atoms with Crippen LogP contribution in [0.1, 0.15) is 30.3 Å². The molecule has 5 heterocycles. The Morgan fingerprint density at radius 1 is 1.17 bits per heavy atom. The fraction of sp³-hybridized carbons (Fsp3) is 0.310. The number of anilines is 2. The van der Waals surface area contributed by atoms with Crippen molar-refractivity contribution in [1.29, 1.82) is 0 Å². The van der Waals surface area contributed by atoms with Crippen molar-refractivity contribution in [2.75, 3.05) is 23.3 Å². The topological polar surface area (TPSA) is 101 Å². The molecule has 1 fully saturated rings. The van der Waals surface area contributed by atoms with Gasteiger partial charge in [-0.3, -0.25) is 14.8 Å². The lowest BCUT2D eigenvalue weighted by molar-refractivity contribution is -0.118. The van der Waals surface area contributed by atoms with Crippen molar-refractivity contribution >= 4 is 62.2 Å². The van der Waals surface area contributed by atoms with E-state index in [1.807, 2.05) is 24.3 Å². The molecule has 0 spiro atoms. The van der Waals surface area contributed by atoms with E-state index in [-0.39, 0.29) is 19.1 Å². The van der Waals surface area contributed by atoms with Gasteiger partial charge in [-0.2, -0.15) is 5.10 Å². The van der Waals surface area contributed by atoms with Gasteiger partial charge in [-0.15, -0.1) is 11.3 Å². The van der Waals surface area contributed by atoms with E-state index in [0.29, 0.717) is 43.0 Å². The number of carbonyl (C=O) groups excluding carboxylic acids is 1. The normalized spacial score (nSPS) is 18.0. The predicted octanol–water partition coefficient (Wildman–Crippen LogP) is 5.75. The minimum atomic E-state index is -1.04. The summed E-state index contributed by atoms with van der Waals surface area (Å²) in [6.45, 7) is 1.81. The standard InChI is InChI=1S/C29H26Cl2FN7O2S/c30-22-12-20(16-1-3-18(4-2-16)37-8-5-19(40)6-9-37)24(31)25-21(22)14-39(36-25)27(28(41)35-29-33-7-10-42-29)26-23-11-17(32)13-38(23)15-34-26/h1-4,7,10,12,14-15,17,19,27,40H,5-6,8-9,11,13H2,(H,33,35,41)/t17-,27-/m1/s1. The number of aromatic nitrogens is 5. The molecule has 0 bridgehead atoms. The van der Waals surface area contributed by atoms with Crippen LogP contribution in [-0.2, 0) is 17.8 Å². The molecule has 2 aromatic carbocycles. The van der Waals surface area contributed by atoms with Crippen molar-refractivity contribution in [2.45, 2.75) is 44.1 Å². The van der Waals surface area contributed by atoms with Crippen molar-refractivity contribution in [2.24, 2.45) is 0 Å². The molecule has 2 N–H and O–H groups in total. The van der Waals surface area contributed by atoms with Crippen LogP contribution < -0.4 is 10.2 Å². The van der Waals surface area contributed by atoms with Crippen LogP contribution in [0.25, 0.3) is 22.0 Å². The third-order valence-corrected chi connectivity index (χ3v) is 9.32. The molecule has 0 aliphatic carbocycles. The zero-order valence-electron chi connectivity index (χ0n) is 22.3. The number of thiazole rings is 1. The smallest absolute Gasteiger partial charge is 0.257 e. The van der Waals surface area contributed by atoms with E-state index < -0.39 is 18.1 Å². The number of carbonyl (C=O) groups is 1. The first-order valence-electron chi connectivity index (χ1n) is 13.6. The fourth-order valence-electron chi connectivity index (χ4n) is 5.79. The van der Waals surface area contributed by atoms with Gasteiger partial charge in [0.1, 0.15) is 11.7 Å². The van der Waals surface area contributed by atoms with Gasteiger partial charge in [0.15, 0.2) is 11.2 Å². The molecule has 0 saturated carbocycles. The second-order valence-electron chi connectivity index (χ2n) is 10.6. The quantitative estimate of drug-likeness (QED) is 0.249. The van der Waals surface area contributed by atoms with Gasteiger partial charge in [0.05, 0.1) is 34.7 Å². The van der Waals surface area contributed by atoms with Crippen LogP contribution in [0, 0.1) is 0 Å². The molecule has 5 aromatic rings. The van der Waals surface area contributed by atoms with Crippen molar-refractivity contribution in [3.05, 3.63) is 75.9 Å². The third-order valence-electron chi connectivity index (χ3n) is 7.94. The number of nitrogens with one attached hydrogen (secondary N) is 1. The van der Waals surface area contributed by atoms with Gasteiger partial charge in [-0.1, -0.05) is 35.3 Å². The second kappa shape index (κ2) is 11.0. The molecule has 2 aliphatic heterocycles. The Hall–Kier alpha value is -3.51. The number of benzene rings is 2. The van der Waals surface area contributed by atoms with Crippen LogP contribution in [0.15, 0.2) is 54.4 Å². The van der Waals surface area contributed by atoms with Gasteiger partial charge in [-0.25, -0.2) is 14.4 Å². The van der Waals surface area contributed by atoms with Crippen LogP contribution in [0.3, 0.4) is 0 Å². The summed E-state index contributed by atoms with van der Waals surface area (Å²) in [5, 5.41) is 21.0. The molecule has 2 atom stereocenters. The molecule has 42 heavy (non-hydrogen) atoms. The first-order valence-corrected chi connectivity index (χ1v) is 15.3. The molecule has 216 valence electrons. The molecule has 13 heteroatoms. The minimum absolute atomic E-state index is 0.164. The average molecular weight is 627 g/mol. The monoisotopic (exact) mass is 625 g/mol. The van der Waals surface area contributed by atoms with E-state index >= 15 is 0 Å². The maximum absolute atomic E-state index is 14.3. The van der Waals surface area contributed by atoms with Crippen LogP contribution >= 0.6 is 34.5 Å². The Kier molecular flexibility index (Phi) is 7.13. The first kappa shape index (κ1) is 27.3. The van der Waals surface area contributed by atoms with Gasteiger partial charge >= 0.3 is 0 Å². The molecule has 1 saturated heterocycles. The predicted molar refractivity (Wildman–Crippen MR) is 162 cm³/mol. The number of rotatable bonds is 6. The molecule has 0 unspecified atom stereocenters. The lowest BCUT2D eigenvalue weighted by Crippen LogP contribution is -2.35. The fourth-order valence-corrected chi connectivity index (χ4v) is 6.87. The highest BCUT2D eigenvalue weighted by molar-refractivity contribution is 7.13. The molecular weight excluding hydrogens is 600 g/mol. The SMILES string of the molecule is O=C(Nc1nccs1)[C@@H](c1ncn2c1C[C@@H](F)C2)n1cc2c(Cl)cc(-c3ccc(N4CCC(O)CC4)cc3)c(Cl)c2n1. The van der Waals surface area contributed by atoms with E-state index in [2.05, 4.69) is 20.2 Å². The Morgan fingerprint density at radius 3 is 2.69 bits per heavy atom. The molecule has 2 aliphatic rings. The molecule has 7 rings (SSSR count). The number of aliphatic hydroxyl groups excluding tert-OH is 1. The number of imidazole rings is 1. The highest BCUT2D eigenvalue weighted by atomic mass is 35.5. The minimum Gasteiger partial charge on any atom is -0.393 e. The first-order chi connectivity index (χ1) is 20.4. The van der Waals surface area contributed by atoms with Crippen LogP contribution in [0.5, 0.6) is 0 Å². The Morgan fingerprint density at radius 2 is 1.95 bits per heavy atom. The summed E-state index contributed by atoms with van der Waals surface area (Å²) in [5.41, 5.74) is 4.19. The number of piperidine rings is 1. The zero-order chi connectivity index (χ0) is 29.0. The van der Waals surface area contributed by atoms with Gasteiger partial charge in [0, 0.05) is 59.6 Å². The summed E-state index contributed by atoms with van der Waals surface area (Å²) < 4.78 is 17.5. The van der Waals surface area contributed by atoms with Crippen LogP contribution in [-0.4, -0.2) is 60.7 Å². The summed E-state index contributed by atoms with van der Waals surface area (Å²) >= 11 is 15.0. The van der Waals surface area contributed by atoms with E-state index in [1.165, 1.54) is 16.0 Å². The third kappa shape index (κ3) is 4.94. The second-order valence-corrected chi connectivity index (χ2v) is 12.3. The molecular formula is C29H26Cl2FN7O2S. The molecule has 3 aromatic heterocycles. The highest BCUT2D eigenvalue weighted by Gasteiger charge is 2.34. The molecule has 0 radical (unpaired) electrons. The van der Waals surface area contributed by atoms with Crippen LogP contribution in [0.2, 0.25) is 10.0 Å². The number of fused-ring (bicyclic) bond motifs is 2. The Bertz CT molecular complexity index is 1760. The van der Waals surface area contributed by atoms with Gasteiger partial charge in [-0.05, 0) is 36.6 Å². The summed E-state index contributed by atoms with van der Waals surface area (Å²) in [4.78, 5) is 24.6. The highest BCUT2D eigenvalue weighted by Crippen LogP contribution is 2.40. The van der Waals surface area contributed by atoms with E-state index in [0.717, 1.165) is 37.2 Å². The van der Waals surface area contributed by atoms with Crippen LogP contribution in [0.4, 0.5) is 15.2 Å². The number of hydrogen-bond donors (Lipinski definition) is 2. The van der Waals surface area contributed by atoms with Crippen molar-refractivity contribution in [1.82, 2.24) is 24.3 Å². The molecule has 9 nitrogen and oxygen atoms in total. The Balaban J connectivity index is 1.26. The lowest BCUT2D eigenvalue weighted by Gasteiger charge is -2.31. The number of amides is 1. The van der Waals surface area contributed by atoms with Crippen molar-refractivity contribution in [3.63, 3.8) is 0 Å². The Labute approximate surface area is 254 Å². The average Bonchev–Trinajstić information content (AvgIpc) is 3.78. The van der Waals surface area contributed by atoms with E-state index in [9.17, 15) is 14.3 Å². The number of alkyl halides is 1. The van der Waals surface area contributed by atoms with E-state index in [1.54, 1.807) is 34.7 Å². The summed E-state index contributed by atoms with van der Waals surface area (Å²) in [7, 11) is 0. The summed E-state index contributed by atoms with van der Waals surface area (Å²) in [5.74, 6) is -0.408. The number of hydrogen-bond acceptors (Lipinski definition) is 7. The van der Waals surface area contributed by atoms with Crippen molar-refractivity contribution < 1.29 is 14.3 Å². The van der Waals surface area contributed by atoms with Gasteiger partial charge in [0.2, 0.25) is 0 Å². The zero-order valence-corrected chi connectivity index (χ0v) is 24.6. The number of nitrogens with zero attached hydrogens (tertiary/aromatic N) is 6.